The number of methoxy groups -OCH3 is 1. The van der Waals surface area contributed by atoms with E-state index in [1.807, 2.05) is 36.4 Å². The quantitative estimate of drug-likeness (QED) is 0.859. The molecule has 126 valence electrons. The molecule has 0 aromatic heterocycles. The van der Waals surface area contributed by atoms with E-state index < -0.39 is 0 Å². The van der Waals surface area contributed by atoms with Gasteiger partial charge in [-0.05, 0) is 42.6 Å². The zero-order chi connectivity index (χ0) is 16.8. The number of amides is 1. The summed E-state index contributed by atoms with van der Waals surface area (Å²) in [5.41, 5.74) is 2.27. The first-order valence-electron chi connectivity index (χ1n) is 8.45. The van der Waals surface area contributed by atoms with Gasteiger partial charge in [0.2, 0.25) is 5.91 Å². The summed E-state index contributed by atoms with van der Waals surface area (Å²) >= 11 is 0. The summed E-state index contributed by atoms with van der Waals surface area (Å²) in [6, 6.07) is 18.1. The highest BCUT2D eigenvalue weighted by molar-refractivity contribution is 5.79. The van der Waals surface area contributed by atoms with Gasteiger partial charge in [-0.2, -0.15) is 0 Å². The maximum absolute atomic E-state index is 12.6. The van der Waals surface area contributed by atoms with Crippen LogP contribution in [-0.2, 0) is 11.2 Å². The summed E-state index contributed by atoms with van der Waals surface area (Å²) in [4.78, 5) is 12.6. The number of benzene rings is 2. The van der Waals surface area contributed by atoms with Gasteiger partial charge in [0.05, 0.1) is 19.1 Å². The van der Waals surface area contributed by atoms with Crippen LogP contribution in [0.25, 0.3) is 0 Å². The van der Waals surface area contributed by atoms with Crippen LogP contribution in [0.1, 0.15) is 23.6 Å². The third-order valence-electron chi connectivity index (χ3n) is 4.52. The lowest BCUT2D eigenvalue weighted by molar-refractivity contribution is -0.125. The molecule has 2 N–H and O–H groups in total. The first kappa shape index (κ1) is 16.5. The fourth-order valence-corrected chi connectivity index (χ4v) is 3.14. The lowest BCUT2D eigenvalue weighted by atomic mass is 9.97. The van der Waals surface area contributed by atoms with Crippen molar-refractivity contribution in [1.82, 2.24) is 10.6 Å². The molecule has 2 atom stereocenters. The number of ether oxygens (including phenoxy) is 1. The van der Waals surface area contributed by atoms with Gasteiger partial charge in [0.25, 0.3) is 0 Å². The second-order valence-corrected chi connectivity index (χ2v) is 6.22. The Balaban J connectivity index is 1.77. The van der Waals surface area contributed by atoms with Crippen LogP contribution < -0.4 is 15.4 Å². The second-order valence-electron chi connectivity index (χ2n) is 6.22. The summed E-state index contributed by atoms with van der Waals surface area (Å²) in [6.07, 6.45) is 1.65. The van der Waals surface area contributed by atoms with Gasteiger partial charge in [-0.3, -0.25) is 4.79 Å². The number of carbonyl (C=O) groups excluding carboxylic acids is 1. The van der Waals surface area contributed by atoms with Gasteiger partial charge in [0.15, 0.2) is 0 Å². The van der Waals surface area contributed by atoms with Crippen LogP contribution in [0.15, 0.2) is 54.6 Å². The molecule has 4 nitrogen and oxygen atoms in total. The van der Waals surface area contributed by atoms with E-state index in [1.54, 1.807) is 7.11 Å². The van der Waals surface area contributed by atoms with Gasteiger partial charge in [0.1, 0.15) is 5.75 Å². The third kappa shape index (κ3) is 4.15. The molecule has 1 heterocycles. The lowest BCUT2D eigenvalue weighted by Gasteiger charge is -2.21. The van der Waals surface area contributed by atoms with Crippen LogP contribution >= 0.6 is 0 Å². The molecule has 4 heteroatoms. The van der Waals surface area contributed by atoms with Gasteiger partial charge in [-0.1, -0.05) is 42.5 Å². The summed E-state index contributed by atoms with van der Waals surface area (Å²) < 4.78 is 5.31. The van der Waals surface area contributed by atoms with Crippen molar-refractivity contribution in [3.05, 3.63) is 65.7 Å². The Labute approximate surface area is 143 Å². The fraction of sp³-hybridized carbons (Fsp3) is 0.350. The Kier molecular flexibility index (Phi) is 5.49. The maximum Gasteiger partial charge on any atom is 0.224 e. The van der Waals surface area contributed by atoms with Crippen molar-refractivity contribution >= 4 is 5.91 Å². The third-order valence-corrected chi connectivity index (χ3v) is 4.52. The Hall–Kier alpha value is -2.33. The minimum Gasteiger partial charge on any atom is -0.497 e. The van der Waals surface area contributed by atoms with Crippen molar-refractivity contribution in [2.75, 3.05) is 20.2 Å². The molecular weight excluding hydrogens is 300 g/mol. The maximum atomic E-state index is 12.6. The van der Waals surface area contributed by atoms with Gasteiger partial charge in [-0.25, -0.2) is 0 Å². The van der Waals surface area contributed by atoms with Crippen LogP contribution in [0.3, 0.4) is 0 Å². The molecule has 1 amide bonds. The molecule has 1 aliphatic rings. The first-order chi connectivity index (χ1) is 11.8. The minimum atomic E-state index is -0.0357. The first-order valence-corrected chi connectivity index (χ1v) is 8.45. The number of carbonyl (C=O) groups is 1. The lowest BCUT2D eigenvalue weighted by Crippen LogP contribution is -2.35. The topological polar surface area (TPSA) is 50.4 Å². The Morgan fingerprint density at radius 3 is 2.79 bits per heavy atom. The monoisotopic (exact) mass is 324 g/mol. The number of hydrogen-bond acceptors (Lipinski definition) is 3. The van der Waals surface area contributed by atoms with Crippen molar-refractivity contribution in [2.45, 2.75) is 18.9 Å². The molecule has 3 rings (SSSR count). The molecule has 0 spiro atoms. The molecule has 0 aliphatic carbocycles. The van der Waals surface area contributed by atoms with Gasteiger partial charge in [0, 0.05) is 6.54 Å². The molecule has 1 aliphatic heterocycles. The van der Waals surface area contributed by atoms with Gasteiger partial charge >= 0.3 is 0 Å². The predicted octanol–water partition coefficient (Wildman–Crippen LogP) is 2.70. The van der Waals surface area contributed by atoms with Crippen molar-refractivity contribution in [3.8, 4) is 5.75 Å². The molecule has 24 heavy (non-hydrogen) atoms. The zero-order valence-electron chi connectivity index (χ0n) is 14.0. The van der Waals surface area contributed by atoms with E-state index in [0.717, 1.165) is 42.8 Å². The normalized spacial score (nSPS) is 18.1. The highest BCUT2D eigenvalue weighted by atomic mass is 16.5. The van der Waals surface area contributed by atoms with E-state index in [0.29, 0.717) is 0 Å². The largest absolute Gasteiger partial charge is 0.497 e. The van der Waals surface area contributed by atoms with E-state index in [9.17, 15) is 4.79 Å². The van der Waals surface area contributed by atoms with Crippen LogP contribution in [0.5, 0.6) is 5.75 Å². The summed E-state index contributed by atoms with van der Waals surface area (Å²) in [7, 11) is 1.67. The van der Waals surface area contributed by atoms with Gasteiger partial charge < -0.3 is 15.4 Å². The van der Waals surface area contributed by atoms with Crippen LogP contribution in [0.4, 0.5) is 0 Å². The van der Waals surface area contributed by atoms with E-state index >= 15 is 0 Å². The molecule has 0 radical (unpaired) electrons. The smallest absolute Gasteiger partial charge is 0.224 e. The zero-order valence-corrected chi connectivity index (χ0v) is 14.0. The average molecular weight is 324 g/mol. The van der Waals surface area contributed by atoms with E-state index in [1.165, 1.54) is 0 Å². The highest BCUT2D eigenvalue weighted by Gasteiger charge is 2.25. The average Bonchev–Trinajstić information content (AvgIpc) is 3.17. The number of nitrogens with one attached hydrogen (secondary N) is 2. The molecule has 0 bridgehead atoms. The van der Waals surface area contributed by atoms with Crippen LogP contribution in [-0.4, -0.2) is 26.1 Å². The summed E-state index contributed by atoms with van der Waals surface area (Å²) in [6.45, 7) is 1.69. The van der Waals surface area contributed by atoms with Crippen molar-refractivity contribution < 1.29 is 9.53 Å². The Morgan fingerprint density at radius 2 is 2.08 bits per heavy atom. The Morgan fingerprint density at radius 1 is 1.25 bits per heavy atom. The molecule has 2 aromatic carbocycles. The van der Waals surface area contributed by atoms with Crippen molar-refractivity contribution in [2.24, 2.45) is 5.92 Å². The van der Waals surface area contributed by atoms with E-state index in [4.69, 9.17) is 4.74 Å². The van der Waals surface area contributed by atoms with Crippen LogP contribution in [0.2, 0.25) is 0 Å². The second kappa shape index (κ2) is 7.97. The van der Waals surface area contributed by atoms with E-state index in [-0.39, 0.29) is 17.9 Å². The summed E-state index contributed by atoms with van der Waals surface area (Å²) in [5, 5.41) is 6.50. The summed E-state index contributed by atoms with van der Waals surface area (Å²) in [5.74, 6) is 1.05. The molecule has 1 saturated heterocycles. The predicted molar refractivity (Wildman–Crippen MR) is 95.0 cm³/mol. The highest BCUT2D eigenvalue weighted by Crippen LogP contribution is 2.22. The molecule has 0 unspecified atom stereocenters. The van der Waals surface area contributed by atoms with Crippen molar-refractivity contribution in [1.29, 1.82) is 0 Å². The minimum absolute atomic E-state index is 0.0357. The molecular formula is C20H24N2O2. The Bertz CT molecular complexity index is 666. The molecule has 0 saturated carbocycles. The molecule has 2 aromatic rings. The fourth-order valence-electron chi connectivity index (χ4n) is 3.14. The number of hydrogen-bond donors (Lipinski definition) is 2. The van der Waals surface area contributed by atoms with E-state index in [2.05, 4.69) is 28.8 Å². The van der Waals surface area contributed by atoms with Crippen molar-refractivity contribution in [3.63, 3.8) is 0 Å². The molecule has 1 fully saturated rings. The van der Waals surface area contributed by atoms with Gasteiger partial charge in [-0.15, -0.1) is 0 Å². The number of rotatable bonds is 6. The van der Waals surface area contributed by atoms with Crippen LogP contribution in [0, 0.1) is 5.92 Å². The SMILES string of the molecule is COc1cccc(C[C@H](NC(=O)[C@H]2CCNC2)c2ccccc2)c1. The standard InChI is InChI=1S/C20H24N2O2/c1-24-18-9-5-6-15(12-18)13-19(16-7-3-2-4-8-16)22-20(23)17-10-11-21-14-17/h2-9,12,17,19,21H,10-11,13-14H2,1H3,(H,22,23)/t17-,19-/m0/s1.